The first kappa shape index (κ1) is 14.1. The third kappa shape index (κ3) is 4.36. The fraction of sp³-hybridized carbons (Fsp3) is 0.538. The molecule has 1 fully saturated rings. The molecule has 0 radical (unpaired) electrons. The maximum absolute atomic E-state index is 12.0. The summed E-state index contributed by atoms with van der Waals surface area (Å²) < 4.78 is 5.31. The molecule has 2 amide bonds. The summed E-state index contributed by atoms with van der Waals surface area (Å²) in [6, 6.07) is 1.53. The Morgan fingerprint density at radius 3 is 2.95 bits per heavy atom. The molecule has 0 aliphatic carbocycles. The van der Waals surface area contributed by atoms with Crippen LogP contribution in [0.25, 0.3) is 0 Å². The number of hydrogen-bond donors (Lipinski definition) is 1. The number of halogens is 1. The van der Waals surface area contributed by atoms with Crippen LogP contribution in [0.2, 0.25) is 5.02 Å². The number of nitrogens with zero attached hydrogens (tertiary/aromatic N) is 2. The van der Waals surface area contributed by atoms with E-state index >= 15 is 0 Å². The number of carbonyl (C=O) groups is 1. The Balaban J connectivity index is 1.84. The average Bonchev–Trinajstić information content (AvgIpc) is 2.40. The van der Waals surface area contributed by atoms with E-state index in [4.69, 9.17) is 16.3 Å². The molecule has 2 heterocycles. The van der Waals surface area contributed by atoms with E-state index in [0.29, 0.717) is 16.6 Å². The van der Waals surface area contributed by atoms with Gasteiger partial charge in [-0.05, 0) is 24.8 Å². The first-order valence-corrected chi connectivity index (χ1v) is 6.73. The van der Waals surface area contributed by atoms with Crippen LogP contribution in [0.15, 0.2) is 18.5 Å². The normalized spacial score (nSPS) is 16.1. The molecular weight excluding hydrogens is 266 g/mol. The van der Waals surface area contributed by atoms with Crippen molar-refractivity contribution in [3.8, 4) is 0 Å². The fourth-order valence-electron chi connectivity index (χ4n) is 2.10. The molecule has 0 atom stereocenters. The van der Waals surface area contributed by atoms with Crippen molar-refractivity contribution in [3.63, 3.8) is 0 Å². The van der Waals surface area contributed by atoms with Crippen LogP contribution < -0.4 is 5.32 Å². The first-order chi connectivity index (χ1) is 9.15. The van der Waals surface area contributed by atoms with Gasteiger partial charge < -0.3 is 15.0 Å². The zero-order valence-electron chi connectivity index (χ0n) is 10.9. The minimum atomic E-state index is -0.143. The molecular formula is C13H18ClN3O2. The van der Waals surface area contributed by atoms with Crippen LogP contribution in [-0.2, 0) is 4.74 Å². The van der Waals surface area contributed by atoms with Gasteiger partial charge in [0.05, 0.1) is 16.9 Å². The lowest BCUT2D eigenvalue weighted by molar-refractivity contribution is 0.0592. The van der Waals surface area contributed by atoms with Crippen molar-refractivity contribution in [1.82, 2.24) is 9.88 Å². The second-order valence-electron chi connectivity index (χ2n) is 4.76. The number of nitrogens with one attached hydrogen (secondary N) is 1. The van der Waals surface area contributed by atoms with Crippen LogP contribution in [0.3, 0.4) is 0 Å². The maximum Gasteiger partial charge on any atom is 0.321 e. The maximum atomic E-state index is 12.0. The monoisotopic (exact) mass is 283 g/mol. The van der Waals surface area contributed by atoms with E-state index in [1.807, 2.05) is 0 Å². The smallest absolute Gasteiger partial charge is 0.321 e. The molecule has 1 aromatic heterocycles. The highest BCUT2D eigenvalue weighted by atomic mass is 35.5. The average molecular weight is 284 g/mol. The van der Waals surface area contributed by atoms with Crippen LogP contribution >= 0.6 is 11.6 Å². The second-order valence-corrected chi connectivity index (χ2v) is 5.19. The largest absolute Gasteiger partial charge is 0.381 e. The Hall–Kier alpha value is -1.33. The molecule has 1 aliphatic rings. The predicted molar refractivity (Wildman–Crippen MR) is 74.4 cm³/mol. The van der Waals surface area contributed by atoms with E-state index in [1.165, 1.54) is 6.20 Å². The number of aromatic nitrogens is 1. The fourth-order valence-corrected chi connectivity index (χ4v) is 2.27. The summed E-state index contributed by atoms with van der Waals surface area (Å²) in [6.45, 7) is 2.32. The molecule has 1 saturated heterocycles. The summed E-state index contributed by atoms with van der Waals surface area (Å²) in [5.41, 5.74) is 0.608. The molecule has 2 rings (SSSR count). The molecule has 0 unspecified atom stereocenters. The van der Waals surface area contributed by atoms with E-state index in [1.54, 1.807) is 24.2 Å². The number of pyridine rings is 1. The lowest BCUT2D eigenvalue weighted by Gasteiger charge is -2.27. The molecule has 0 aromatic carbocycles. The summed E-state index contributed by atoms with van der Waals surface area (Å²) in [6.07, 6.45) is 5.13. The molecule has 104 valence electrons. The highest BCUT2D eigenvalue weighted by molar-refractivity contribution is 6.30. The van der Waals surface area contributed by atoms with Gasteiger partial charge in [0.25, 0.3) is 0 Å². The van der Waals surface area contributed by atoms with Crippen molar-refractivity contribution >= 4 is 23.3 Å². The third-order valence-electron chi connectivity index (χ3n) is 3.18. The molecule has 0 bridgehead atoms. The highest BCUT2D eigenvalue weighted by Gasteiger charge is 2.18. The van der Waals surface area contributed by atoms with Crippen molar-refractivity contribution in [2.75, 3.05) is 32.1 Å². The van der Waals surface area contributed by atoms with E-state index in [2.05, 4.69) is 10.3 Å². The van der Waals surface area contributed by atoms with Crippen LogP contribution in [0.1, 0.15) is 12.8 Å². The van der Waals surface area contributed by atoms with Crippen molar-refractivity contribution in [2.45, 2.75) is 12.8 Å². The molecule has 1 N–H and O–H groups in total. The van der Waals surface area contributed by atoms with E-state index in [-0.39, 0.29) is 6.03 Å². The second kappa shape index (κ2) is 6.73. The number of rotatable bonds is 3. The summed E-state index contributed by atoms with van der Waals surface area (Å²) in [5, 5.41) is 3.29. The molecule has 1 aromatic rings. The minimum Gasteiger partial charge on any atom is -0.381 e. The van der Waals surface area contributed by atoms with E-state index in [9.17, 15) is 4.79 Å². The van der Waals surface area contributed by atoms with Crippen molar-refractivity contribution < 1.29 is 9.53 Å². The van der Waals surface area contributed by atoms with Crippen LogP contribution in [-0.4, -0.2) is 42.7 Å². The Labute approximate surface area is 117 Å². The summed E-state index contributed by atoms with van der Waals surface area (Å²) in [4.78, 5) is 17.6. The molecule has 5 nitrogen and oxygen atoms in total. The van der Waals surface area contributed by atoms with Crippen LogP contribution in [0.5, 0.6) is 0 Å². The summed E-state index contributed by atoms with van der Waals surface area (Å²) in [5.74, 6) is 0.516. The van der Waals surface area contributed by atoms with E-state index < -0.39 is 0 Å². The zero-order valence-corrected chi connectivity index (χ0v) is 11.7. The van der Waals surface area contributed by atoms with Crippen molar-refractivity contribution in [1.29, 1.82) is 0 Å². The van der Waals surface area contributed by atoms with Gasteiger partial charge >= 0.3 is 6.03 Å². The number of hydrogen-bond acceptors (Lipinski definition) is 3. The number of carbonyl (C=O) groups excluding carboxylic acids is 1. The quantitative estimate of drug-likeness (QED) is 0.928. The van der Waals surface area contributed by atoms with Crippen molar-refractivity contribution in [2.24, 2.45) is 5.92 Å². The molecule has 1 aliphatic heterocycles. The SMILES string of the molecule is CN(CC1CCOCC1)C(=O)Nc1cncc(Cl)c1. The van der Waals surface area contributed by atoms with Gasteiger partial charge in [-0.25, -0.2) is 4.79 Å². The van der Waals surface area contributed by atoms with Gasteiger partial charge in [-0.2, -0.15) is 0 Å². The van der Waals surface area contributed by atoms with Crippen molar-refractivity contribution in [3.05, 3.63) is 23.5 Å². The van der Waals surface area contributed by atoms with Gasteiger partial charge in [-0.3, -0.25) is 4.98 Å². The standard InChI is InChI=1S/C13H18ClN3O2/c1-17(9-10-2-4-19-5-3-10)13(18)16-12-6-11(14)7-15-8-12/h6-8,10H,2-5,9H2,1H3,(H,16,18). The third-order valence-corrected chi connectivity index (χ3v) is 3.38. The molecule has 0 spiro atoms. The van der Waals surface area contributed by atoms with Gasteiger partial charge in [0.15, 0.2) is 0 Å². The van der Waals surface area contributed by atoms with Gasteiger partial charge in [-0.1, -0.05) is 11.6 Å². The number of anilines is 1. The highest BCUT2D eigenvalue weighted by Crippen LogP contribution is 2.17. The van der Waals surface area contributed by atoms with Crippen LogP contribution in [0.4, 0.5) is 10.5 Å². The van der Waals surface area contributed by atoms with Gasteiger partial charge in [0.1, 0.15) is 0 Å². The lowest BCUT2D eigenvalue weighted by Crippen LogP contribution is -2.36. The Morgan fingerprint density at radius 2 is 2.26 bits per heavy atom. The number of ether oxygens (including phenoxy) is 1. The zero-order chi connectivity index (χ0) is 13.7. The Morgan fingerprint density at radius 1 is 1.53 bits per heavy atom. The number of urea groups is 1. The van der Waals surface area contributed by atoms with Gasteiger partial charge in [-0.15, -0.1) is 0 Å². The summed E-state index contributed by atoms with van der Waals surface area (Å²) in [7, 11) is 1.79. The van der Waals surface area contributed by atoms with Crippen LogP contribution in [0, 0.1) is 5.92 Å². The van der Waals surface area contributed by atoms with E-state index in [0.717, 1.165) is 32.6 Å². The Bertz CT molecular complexity index is 436. The predicted octanol–water partition coefficient (Wildman–Crippen LogP) is 2.63. The topological polar surface area (TPSA) is 54.5 Å². The molecule has 0 saturated carbocycles. The lowest BCUT2D eigenvalue weighted by atomic mass is 10.00. The molecule has 19 heavy (non-hydrogen) atoms. The first-order valence-electron chi connectivity index (χ1n) is 6.35. The number of amides is 2. The Kier molecular flexibility index (Phi) is 4.99. The van der Waals surface area contributed by atoms with Gasteiger partial charge in [0.2, 0.25) is 0 Å². The summed E-state index contributed by atoms with van der Waals surface area (Å²) >= 11 is 5.82. The molecule has 6 heteroatoms. The van der Waals surface area contributed by atoms with Gasteiger partial charge in [0, 0.05) is 33.0 Å². The minimum absolute atomic E-state index is 0.143.